The summed E-state index contributed by atoms with van der Waals surface area (Å²) in [5.74, 6) is 2.59. The standard InChI is InChI=1S/C17H22N2O3/c1-11(14-6-7-16-17(9-14)21-10-20-16)18-8-4-5-15-12(2)19-22-13(15)3/h6-7,9,11,18H,4-5,8,10H2,1-3H3/t11-/m1/s1. The molecule has 1 aromatic carbocycles. The van der Waals surface area contributed by atoms with Crippen LogP contribution in [0, 0.1) is 13.8 Å². The van der Waals surface area contributed by atoms with E-state index in [1.54, 1.807) is 0 Å². The highest BCUT2D eigenvalue weighted by Gasteiger charge is 2.15. The Hall–Kier alpha value is -2.01. The lowest BCUT2D eigenvalue weighted by Crippen LogP contribution is -2.20. The Kier molecular flexibility index (Phi) is 4.34. The molecule has 3 rings (SSSR count). The summed E-state index contributed by atoms with van der Waals surface area (Å²) in [5.41, 5.74) is 3.44. The maximum absolute atomic E-state index is 5.42. The normalized spacial score (nSPS) is 14.3. The van der Waals surface area contributed by atoms with Gasteiger partial charge in [-0.2, -0.15) is 0 Å². The molecule has 1 aliphatic heterocycles. The molecule has 0 aliphatic carbocycles. The van der Waals surface area contributed by atoms with E-state index in [2.05, 4.69) is 23.5 Å². The maximum Gasteiger partial charge on any atom is 0.231 e. The van der Waals surface area contributed by atoms with E-state index in [4.69, 9.17) is 14.0 Å². The molecule has 1 atom stereocenters. The van der Waals surface area contributed by atoms with Crippen molar-refractivity contribution >= 4 is 0 Å². The number of aromatic nitrogens is 1. The van der Waals surface area contributed by atoms with Crippen molar-refractivity contribution in [2.45, 2.75) is 39.7 Å². The molecular weight excluding hydrogens is 280 g/mol. The molecule has 0 spiro atoms. The Morgan fingerprint density at radius 1 is 1.23 bits per heavy atom. The maximum atomic E-state index is 5.42. The first-order valence-electron chi connectivity index (χ1n) is 7.70. The average molecular weight is 302 g/mol. The highest BCUT2D eigenvalue weighted by atomic mass is 16.7. The summed E-state index contributed by atoms with van der Waals surface area (Å²) in [7, 11) is 0. The first kappa shape index (κ1) is 14.9. The van der Waals surface area contributed by atoms with Crippen molar-refractivity contribution in [2.75, 3.05) is 13.3 Å². The molecule has 5 nitrogen and oxygen atoms in total. The average Bonchev–Trinajstić information content (AvgIpc) is 3.10. The van der Waals surface area contributed by atoms with Gasteiger partial charge in [0.15, 0.2) is 11.5 Å². The Bertz CT molecular complexity index is 632. The van der Waals surface area contributed by atoms with Crippen LogP contribution in [-0.2, 0) is 6.42 Å². The van der Waals surface area contributed by atoms with Gasteiger partial charge in [0, 0.05) is 11.6 Å². The molecule has 0 unspecified atom stereocenters. The molecule has 2 heterocycles. The van der Waals surface area contributed by atoms with Crippen molar-refractivity contribution in [3.8, 4) is 11.5 Å². The summed E-state index contributed by atoms with van der Waals surface area (Å²) in [4.78, 5) is 0. The van der Waals surface area contributed by atoms with Gasteiger partial charge in [-0.25, -0.2) is 0 Å². The molecule has 0 saturated carbocycles. The third-order valence-electron chi connectivity index (χ3n) is 4.13. The topological polar surface area (TPSA) is 56.5 Å². The minimum atomic E-state index is 0.277. The molecule has 0 saturated heterocycles. The van der Waals surface area contributed by atoms with Crippen LogP contribution in [0.15, 0.2) is 22.7 Å². The van der Waals surface area contributed by atoms with Crippen LogP contribution in [0.4, 0.5) is 0 Å². The van der Waals surface area contributed by atoms with Gasteiger partial charge in [0.2, 0.25) is 6.79 Å². The lowest BCUT2D eigenvalue weighted by atomic mass is 10.1. The Balaban J connectivity index is 1.49. The second-order valence-electron chi connectivity index (χ2n) is 5.69. The van der Waals surface area contributed by atoms with Gasteiger partial charge in [0.1, 0.15) is 5.76 Å². The zero-order chi connectivity index (χ0) is 15.5. The Morgan fingerprint density at radius 2 is 2.05 bits per heavy atom. The summed E-state index contributed by atoms with van der Waals surface area (Å²) in [6.07, 6.45) is 2.04. The third-order valence-corrected chi connectivity index (χ3v) is 4.13. The molecule has 0 amide bonds. The minimum Gasteiger partial charge on any atom is -0.454 e. The van der Waals surface area contributed by atoms with E-state index in [0.29, 0.717) is 6.79 Å². The van der Waals surface area contributed by atoms with E-state index in [0.717, 1.165) is 42.3 Å². The van der Waals surface area contributed by atoms with E-state index in [1.165, 1.54) is 11.1 Å². The number of ether oxygens (including phenoxy) is 2. The van der Waals surface area contributed by atoms with Gasteiger partial charge in [0.25, 0.3) is 0 Å². The fraction of sp³-hybridized carbons (Fsp3) is 0.471. The molecule has 1 aromatic heterocycles. The quantitative estimate of drug-likeness (QED) is 0.830. The van der Waals surface area contributed by atoms with Gasteiger partial charge in [0.05, 0.1) is 5.69 Å². The molecule has 5 heteroatoms. The Morgan fingerprint density at radius 3 is 2.82 bits per heavy atom. The second-order valence-corrected chi connectivity index (χ2v) is 5.69. The number of nitrogens with one attached hydrogen (secondary N) is 1. The lowest BCUT2D eigenvalue weighted by Gasteiger charge is -2.14. The monoisotopic (exact) mass is 302 g/mol. The second kappa shape index (κ2) is 6.40. The molecule has 0 bridgehead atoms. The summed E-state index contributed by atoms with van der Waals surface area (Å²) in [6, 6.07) is 6.38. The van der Waals surface area contributed by atoms with Crippen molar-refractivity contribution in [3.05, 3.63) is 40.8 Å². The van der Waals surface area contributed by atoms with Crippen LogP contribution >= 0.6 is 0 Å². The van der Waals surface area contributed by atoms with Crippen molar-refractivity contribution in [3.63, 3.8) is 0 Å². The highest BCUT2D eigenvalue weighted by Crippen LogP contribution is 2.34. The summed E-state index contributed by atoms with van der Waals surface area (Å²) >= 11 is 0. The fourth-order valence-corrected chi connectivity index (χ4v) is 2.74. The van der Waals surface area contributed by atoms with Gasteiger partial charge in [-0.05, 0) is 57.9 Å². The zero-order valence-electron chi connectivity index (χ0n) is 13.3. The van der Waals surface area contributed by atoms with Gasteiger partial charge >= 0.3 is 0 Å². The SMILES string of the molecule is Cc1noc(C)c1CCCN[C@H](C)c1ccc2c(c1)OCO2. The van der Waals surface area contributed by atoms with Gasteiger partial charge in [-0.3, -0.25) is 0 Å². The van der Waals surface area contributed by atoms with E-state index < -0.39 is 0 Å². The summed E-state index contributed by atoms with van der Waals surface area (Å²) in [6.45, 7) is 7.39. The molecule has 118 valence electrons. The number of hydrogen-bond donors (Lipinski definition) is 1. The molecule has 1 N–H and O–H groups in total. The molecule has 0 radical (unpaired) electrons. The van der Waals surface area contributed by atoms with Crippen LogP contribution in [-0.4, -0.2) is 18.5 Å². The molecule has 2 aromatic rings. The van der Waals surface area contributed by atoms with Crippen LogP contribution in [0.25, 0.3) is 0 Å². The summed E-state index contributed by atoms with van der Waals surface area (Å²) in [5, 5.41) is 7.53. The fourth-order valence-electron chi connectivity index (χ4n) is 2.74. The number of hydrogen-bond acceptors (Lipinski definition) is 5. The molecular formula is C17H22N2O3. The van der Waals surface area contributed by atoms with E-state index in [9.17, 15) is 0 Å². The Labute approximate surface area is 130 Å². The van der Waals surface area contributed by atoms with Crippen LogP contribution in [0.1, 0.15) is 42.0 Å². The van der Waals surface area contributed by atoms with Crippen LogP contribution in [0.2, 0.25) is 0 Å². The van der Waals surface area contributed by atoms with E-state index in [-0.39, 0.29) is 6.04 Å². The number of nitrogens with zero attached hydrogens (tertiary/aromatic N) is 1. The predicted octanol–water partition coefficient (Wildman–Crippen LogP) is 3.30. The van der Waals surface area contributed by atoms with Gasteiger partial charge in [-0.15, -0.1) is 0 Å². The van der Waals surface area contributed by atoms with Crippen molar-refractivity contribution < 1.29 is 14.0 Å². The number of aryl methyl sites for hydroxylation is 2. The number of benzene rings is 1. The van der Waals surface area contributed by atoms with E-state index in [1.807, 2.05) is 26.0 Å². The number of rotatable bonds is 6. The van der Waals surface area contributed by atoms with Crippen molar-refractivity contribution in [1.82, 2.24) is 10.5 Å². The predicted molar refractivity (Wildman–Crippen MR) is 83.3 cm³/mol. The van der Waals surface area contributed by atoms with Crippen LogP contribution in [0.3, 0.4) is 0 Å². The van der Waals surface area contributed by atoms with Crippen molar-refractivity contribution in [1.29, 1.82) is 0 Å². The van der Waals surface area contributed by atoms with E-state index >= 15 is 0 Å². The highest BCUT2D eigenvalue weighted by molar-refractivity contribution is 5.45. The molecule has 0 fully saturated rings. The van der Waals surface area contributed by atoms with Crippen LogP contribution < -0.4 is 14.8 Å². The van der Waals surface area contributed by atoms with Gasteiger partial charge in [-0.1, -0.05) is 11.2 Å². The lowest BCUT2D eigenvalue weighted by molar-refractivity contribution is 0.174. The minimum absolute atomic E-state index is 0.277. The molecule has 22 heavy (non-hydrogen) atoms. The number of fused-ring (bicyclic) bond motifs is 1. The van der Waals surface area contributed by atoms with Gasteiger partial charge < -0.3 is 19.3 Å². The van der Waals surface area contributed by atoms with Crippen molar-refractivity contribution in [2.24, 2.45) is 0 Å². The van der Waals surface area contributed by atoms with Crippen LogP contribution in [0.5, 0.6) is 11.5 Å². The first-order valence-corrected chi connectivity index (χ1v) is 7.70. The smallest absolute Gasteiger partial charge is 0.231 e. The first-order chi connectivity index (χ1) is 10.6. The molecule has 1 aliphatic rings. The summed E-state index contributed by atoms with van der Waals surface area (Å²) < 4.78 is 16.0. The zero-order valence-corrected chi connectivity index (χ0v) is 13.3. The third kappa shape index (κ3) is 3.09. The largest absolute Gasteiger partial charge is 0.454 e.